The van der Waals surface area contributed by atoms with Gasteiger partial charge in [-0.05, 0) is 30.9 Å². The number of fused-ring (bicyclic) bond motifs is 1. The molecule has 94 valence electrons. The van der Waals surface area contributed by atoms with Crippen molar-refractivity contribution in [1.29, 1.82) is 5.26 Å². The summed E-state index contributed by atoms with van der Waals surface area (Å²) < 4.78 is 0. The first-order valence-electron chi connectivity index (χ1n) is 5.87. The highest BCUT2D eigenvalue weighted by atomic mass is 16.4. The first kappa shape index (κ1) is 12.6. The van der Waals surface area contributed by atoms with Crippen LogP contribution in [-0.4, -0.2) is 16.2 Å². The minimum atomic E-state index is -1.44. The van der Waals surface area contributed by atoms with Crippen LogP contribution in [0.15, 0.2) is 24.3 Å². The van der Waals surface area contributed by atoms with E-state index in [4.69, 9.17) is 5.26 Å². The van der Waals surface area contributed by atoms with Crippen molar-refractivity contribution in [2.75, 3.05) is 0 Å². The molecular formula is C14H15NO3. The van der Waals surface area contributed by atoms with Crippen molar-refractivity contribution in [3.05, 3.63) is 35.4 Å². The van der Waals surface area contributed by atoms with Gasteiger partial charge < -0.3 is 10.2 Å². The molecule has 0 saturated heterocycles. The zero-order chi connectivity index (χ0) is 13.4. The van der Waals surface area contributed by atoms with Crippen LogP contribution in [0.25, 0.3) is 0 Å². The first-order valence-corrected chi connectivity index (χ1v) is 5.87. The zero-order valence-electron chi connectivity index (χ0n) is 10.2. The van der Waals surface area contributed by atoms with E-state index < -0.39 is 17.0 Å². The topological polar surface area (TPSA) is 81.3 Å². The van der Waals surface area contributed by atoms with E-state index in [1.165, 1.54) is 6.92 Å². The second-order valence-electron chi connectivity index (χ2n) is 4.95. The predicted molar refractivity (Wildman–Crippen MR) is 64.6 cm³/mol. The van der Waals surface area contributed by atoms with Gasteiger partial charge in [-0.1, -0.05) is 24.3 Å². The number of carboxylic acids is 1. The molecule has 2 atom stereocenters. The molecule has 0 heterocycles. The molecule has 1 aliphatic carbocycles. The molecule has 1 unspecified atom stereocenters. The molecule has 0 aromatic heterocycles. The van der Waals surface area contributed by atoms with Crippen LogP contribution in [0.5, 0.6) is 0 Å². The van der Waals surface area contributed by atoms with Crippen molar-refractivity contribution in [2.24, 2.45) is 5.41 Å². The average molecular weight is 245 g/mol. The minimum absolute atomic E-state index is 0.121. The highest BCUT2D eigenvalue weighted by molar-refractivity contribution is 5.79. The summed E-state index contributed by atoms with van der Waals surface area (Å²) in [6.07, 6.45) is 0.546. The quantitative estimate of drug-likeness (QED) is 0.851. The lowest BCUT2D eigenvalue weighted by molar-refractivity contribution is -0.167. The van der Waals surface area contributed by atoms with Crippen LogP contribution < -0.4 is 0 Å². The van der Waals surface area contributed by atoms with Crippen molar-refractivity contribution in [1.82, 2.24) is 0 Å². The number of nitriles is 1. The van der Waals surface area contributed by atoms with Crippen LogP contribution in [0.4, 0.5) is 0 Å². The maximum absolute atomic E-state index is 11.6. The summed E-state index contributed by atoms with van der Waals surface area (Å²) in [5, 5.41) is 28.9. The predicted octanol–water partition coefficient (Wildman–Crippen LogP) is 1.82. The Labute approximate surface area is 105 Å². The maximum Gasteiger partial charge on any atom is 0.313 e. The third-order valence-electron chi connectivity index (χ3n) is 4.04. The Bertz CT molecular complexity index is 530. The Balaban J connectivity index is 2.53. The van der Waals surface area contributed by atoms with Crippen molar-refractivity contribution in [3.63, 3.8) is 0 Å². The Kier molecular flexibility index (Phi) is 2.88. The summed E-state index contributed by atoms with van der Waals surface area (Å²) in [5.41, 5.74) is -1.23. The lowest BCUT2D eigenvalue weighted by Gasteiger charge is -2.36. The molecule has 1 aromatic rings. The van der Waals surface area contributed by atoms with Crippen molar-refractivity contribution in [3.8, 4) is 6.07 Å². The average Bonchev–Trinajstić information content (AvgIpc) is 2.56. The number of aliphatic hydroxyl groups is 1. The normalized spacial score (nSPS) is 29.6. The van der Waals surface area contributed by atoms with E-state index in [1.54, 1.807) is 12.1 Å². The number of benzene rings is 1. The van der Waals surface area contributed by atoms with E-state index in [0.29, 0.717) is 5.56 Å². The van der Waals surface area contributed by atoms with Gasteiger partial charge >= 0.3 is 5.97 Å². The third-order valence-corrected chi connectivity index (χ3v) is 4.04. The summed E-state index contributed by atoms with van der Waals surface area (Å²) in [4.78, 5) is 11.6. The number of carbonyl (C=O) groups is 1. The van der Waals surface area contributed by atoms with Crippen LogP contribution in [-0.2, 0) is 16.8 Å². The summed E-state index contributed by atoms with van der Waals surface area (Å²) in [5.74, 6) is -1.04. The second kappa shape index (κ2) is 4.11. The van der Waals surface area contributed by atoms with Gasteiger partial charge in [0.05, 0.1) is 6.07 Å². The lowest BCUT2D eigenvalue weighted by atomic mass is 9.70. The van der Waals surface area contributed by atoms with E-state index in [1.807, 2.05) is 18.2 Å². The lowest BCUT2D eigenvalue weighted by Crippen LogP contribution is -2.46. The fourth-order valence-electron chi connectivity index (χ4n) is 2.90. The highest BCUT2D eigenvalue weighted by Crippen LogP contribution is 2.52. The van der Waals surface area contributed by atoms with E-state index in [9.17, 15) is 15.0 Å². The van der Waals surface area contributed by atoms with E-state index in [0.717, 1.165) is 5.56 Å². The maximum atomic E-state index is 11.6. The van der Waals surface area contributed by atoms with Crippen molar-refractivity contribution < 1.29 is 15.0 Å². The van der Waals surface area contributed by atoms with Crippen LogP contribution >= 0.6 is 0 Å². The molecule has 0 aliphatic heterocycles. The summed E-state index contributed by atoms with van der Waals surface area (Å²) >= 11 is 0. The number of hydrogen-bond acceptors (Lipinski definition) is 3. The number of rotatable bonds is 3. The second-order valence-corrected chi connectivity index (χ2v) is 4.95. The fraction of sp³-hybridized carbons (Fsp3) is 0.429. The van der Waals surface area contributed by atoms with Crippen molar-refractivity contribution >= 4 is 5.97 Å². The summed E-state index contributed by atoms with van der Waals surface area (Å²) in [7, 11) is 0. The van der Waals surface area contributed by atoms with Crippen LogP contribution in [0.3, 0.4) is 0 Å². The molecule has 4 nitrogen and oxygen atoms in total. The number of aliphatic carboxylic acids is 1. The molecule has 2 rings (SSSR count). The van der Waals surface area contributed by atoms with Gasteiger partial charge in [0.2, 0.25) is 0 Å². The molecule has 0 amide bonds. The Morgan fingerprint density at radius 1 is 1.50 bits per heavy atom. The van der Waals surface area contributed by atoms with Gasteiger partial charge in [0, 0.05) is 6.42 Å². The molecule has 1 aromatic carbocycles. The SMILES string of the molecule is CC1(O)c2ccccc2C[C@@]1(CCC#N)C(=O)O. The number of hydrogen-bond donors (Lipinski definition) is 2. The van der Waals surface area contributed by atoms with Gasteiger partial charge in [-0.15, -0.1) is 0 Å². The molecule has 1 aliphatic rings. The monoisotopic (exact) mass is 245 g/mol. The molecule has 0 radical (unpaired) electrons. The molecular weight excluding hydrogens is 230 g/mol. The van der Waals surface area contributed by atoms with E-state index in [-0.39, 0.29) is 19.3 Å². The van der Waals surface area contributed by atoms with Crippen LogP contribution in [0, 0.1) is 16.7 Å². The molecule has 0 saturated carbocycles. The van der Waals surface area contributed by atoms with E-state index >= 15 is 0 Å². The number of carboxylic acid groups (broad SMARTS) is 1. The molecule has 0 bridgehead atoms. The molecule has 4 heteroatoms. The first-order chi connectivity index (χ1) is 8.45. The Morgan fingerprint density at radius 2 is 2.17 bits per heavy atom. The van der Waals surface area contributed by atoms with Gasteiger partial charge in [0.15, 0.2) is 0 Å². The minimum Gasteiger partial charge on any atom is -0.481 e. The summed E-state index contributed by atoms with van der Waals surface area (Å²) in [6.45, 7) is 1.53. The van der Waals surface area contributed by atoms with Gasteiger partial charge in [0.1, 0.15) is 11.0 Å². The largest absolute Gasteiger partial charge is 0.481 e. The standard InChI is InChI=1S/C14H15NO3/c1-13(18)11-6-3-2-5-10(11)9-14(13,12(16)17)7-4-8-15/h2-3,5-6,18H,4,7,9H2,1H3,(H,16,17)/t13?,14-/m0/s1. The number of nitrogens with zero attached hydrogens (tertiary/aromatic N) is 1. The molecule has 0 spiro atoms. The van der Waals surface area contributed by atoms with Gasteiger partial charge in [-0.2, -0.15) is 5.26 Å². The van der Waals surface area contributed by atoms with E-state index in [2.05, 4.69) is 0 Å². The molecule has 2 N–H and O–H groups in total. The molecule has 0 fully saturated rings. The van der Waals surface area contributed by atoms with Crippen LogP contribution in [0.1, 0.15) is 30.9 Å². The smallest absolute Gasteiger partial charge is 0.313 e. The third kappa shape index (κ3) is 1.52. The van der Waals surface area contributed by atoms with Crippen molar-refractivity contribution in [2.45, 2.75) is 31.8 Å². The fourth-order valence-corrected chi connectivity index (χ4v) is 2.90. The zero-order valence-corrected chi connectivity index (χ0v) is 10.2. The van der Waals surface area contributed by atoms with Gasteiger partial charge in [-0.25, -0.2) is 0 Å². The Morgan fingerprint density at radius 3 is 2.72 bits per heavy atom. The van der Waals surface area contributed by atoms with Crippen LogP contribution in [0.2, 0.25) is 0 Å². The van der Waals surface area contributed by atoms with Gasteiger partial charge in [0.25, 0.3) is 0 Å². The highest BCUT2D eigenvalue weighted by Gasteiger charge is 2.58. The summed E-state index contributed by atoms with van der Waals surface area (Å²) in [6, 6.07) is 9.17. The Hall–Kier alpha value is -1.86. The van der Waals surface area contributed by atoms with Gasteiger partial charge in [-0.3, -0.25) is 4.79 Å². The molecule has 18 heavy (non-hydrogen) atoms.